The molecule has 0 saturated carbocycles. The van der Waals surface area contributed by atoms with Crippen LogP contribution in [0.2, 0.25) is 0 Å². The molecule has 2 aliphatic rings. The van der Waals surface area contributed by atoms with Gasteiger partial charge in [-0.3, -0.25) is 19.0 Å². The molecule has 0 atom stereocenters. The number of carbonyl (C=O) groups excluding carboxylic acids is 2. The van der Waals surface area contributed by atoms with Crippen LogP contribution in [0.15, 0.2) is 53.3 Å². The number of nitrogens with one attached hydrogen (secondary N) is 1. The molecule has 0 unspecified atom stereocenters. The number of rotatable bonds is 7. The Morgan fingerprint density at radius 2 is 1.90 bits per heavy atom. The van der Waals surface area contributed by atoms with E-state index in [0.29, 0.717) is 36.6 Å². The van der Waals surface area contributed by atoms with Gasteiger partial charge in [-0.15, -0.1) is 0 Å². The first-order valence-corrected chi connectivity index (χ1v) is 13.6. The van der Waals surface area contributed by atoms with Crippen LogP contribution in [0.25, 0.3) is 0 Å². The summed E-state index contributed by atoms with van der Waals surface area (Å²) >= 11 is 0. The van der Waals surface area contributed by atoms with Gasteiger partial charge in [0.15, 0.2) is 5.69 Å². The van der Waals surface area contributed by atoms with Crippen molar-refractivity contribution in [3.05, 3.63) is 87.3 Å². The number of anilines is 1. The van der Waals surface area contributed by atoms with Gasteiger partial charge in [0, 0.05) is 19.5 Å². The van der Waals surface area contributed by atoms with Crippen molar-refractivity contribution in [2.75, 3.05) is 18.1 Å². The Labute approximate surface area is 231 Å². The Morgan fingerprint density at radius 1 is 1.10 bits per heavy atom. The average Bonchev–Trinajstić information content (AvgIpc) is 3.16. The summed E-state index contributed by atoms with van der Waals surface area (Å²) in [6.07, 6.45) is 2.93. The number of halogens is 1. The van der Waals surface area contributed by atoms with Crippen molar-refractivity contribution in [3.8, 4) is 5.75 Å². The Hall–Kier alpha value is -4.05. The van der Waals surface area contributed by atoms with Gasteiger partial charge in [0.1, 0.15) is 23.8 Å². The lowest BCUT2D eigenvalue weighted by Gasteiger charge is -2.33. The van der Waals surface area contributed by atoms with Crippen LogP contribution >= 0.6 is 0 Å². The van der Waals surface area contributed by atoms with Crippen molar-refractivity contribution in [2.24, 2.45) is 0 Å². The van der Waals surface area contributed by atoms with Crippen LogP contribution in [0.5, 0.6) is 5.75 Å². The molecular formula is C30H33FN4O5. The zero-order chi connectivity index (χ0) is 28.3. The smallest absolute Gasteiger partial charge is 0.296 e. The van der Waals surface area contributed by atoms with E-state index in [0.717, 1.165) is 24.8 Å². The van der Waals surface area contributed by atoms with Gasteiger partial charge >= 0.3 is 0 Å². The van der Waals surface area contributed by atoms with Crippen molar-refractivity contribution < 1.29 is 23.5 Å². The van der Waals surface area contributed by atoms with Crippen molar-refractivity contribution in [1.82, 2.24) is 14.9 Å². The van der Waals surface area contributed by atoms with Gasteiger partial charge in [0.2, 0.25) is 11.7 Å². The van der Waals surface area contributed by atoms with Crippen LogP contribution < -0.4 is 20.5 Å². The van der Waals surface area contributed by atoms with Gasteiger partial charge in [-0.1, -0.05) is 42.8 Å². The molecule has 5 rings (SSSR count). The fraction of sp³-hybridized carbons (Fsp3) is 0.400. The zero-order valence-corrected chi connectivity index (χ0v) is 22.7. The minimum Gasteiger partial charge on any atom is -0.481 e. The SMILES string of the molecule is CC1(C)OCCn2c1nc(C(=O)NCc1ccc(F)cc1N1CCCCCC1=O)c(OCc1ccccc1)c2=O. The maximum atomic E-state index is 14.2. The Balaban J connectivity index is 1.46. The molecule has 3 heterocycles. The van der Waals surface area contributed by atoms with Crippen molar-refractivity contribution in [3.63, 3.8) is 0 Å². The third-order valence-electron chi connectivity index (χ3n) is 7.24. The maximum Gasteiger partial charge on any atom is 0.296 e. The average molecular weight is 549 g/mol. The van der Waals surface area contributed by atoms with E-state index in [2.05, 4.69) is 10.3 Å². The second kappa shape index (κ2) is 11.6. The lowest BCUT2D eigenvalue weighted by Crippen LogP contribution is -2.43. The molecule has 0 radical (unpaired) electrons. The van der Waals surface area contributed by atoms with E-state index in [-0.39, 0.29) is 37.0 Å². The standard InChI is InChI=1S/C30H33FN4O5/c1-30(2)29-33-25(26(28(38)35(29)15-16-40-30)39-19-20-9-5-3-6-10-20)27(37)32-18-21-12-13-22(31)17-23(21)34-14-8-4-7-11-24(34)36/h3,5-6,9-10,12-13,17H,4,7-8,11,14-16,18-19H2,1-2H3,(H,32,37). The Bertz CT molecular complexity index is 1470. The minimum atomic E-state index is -0.887. The zero-order valence-electron chi connectivity index (χ0n) is 22.7. The molecule has 0 bridgehead atoms. The molecular weight excluding hydrogens is 515 g/mol. The lowest BCUT2D eigenvalue weighted by atomic mass is 10.1. The highest BCUT2D eigenvalue weighted by Crippen LogP contribution is 2.29. The van der Waals surface area contributed by atoms with E-state index >= 15 is 0 Å². The highest BCUT2D eigenvalue weighted by molar-refractivity contribution is 5.96. The number of fused-ring (bicyclic) bond motifs is 1. The number of aromatic nitrogens is 2. The van der Waals surface area contributed by atoms with Crippen molar-refractivity contribution >= 4 is 17.5 Å². The number of hydrogen-bond donors (Lipinski definition) is 1. The van der Waals surface area contributed by atoms with Crippen molar-refractivity contribution in [1.29, 1.82) is 0 Å². The van der Waals surface area contributed by atoms with Gasteiger partial charge in [-0.25, -0.2) is 9.37 Å². The summed E-state index contributed by atoms with van der Waals surface area (Å²) in [5, 5.41) is 2.81. The Kier molecular flexibility index (Phi) is 7.97. The first-order chi connectivity index (χ1) is 19.2. The van der Waals surface area contributed by atoms with Gasteiger partial charge in [0.25, 0.3) is 11.5 Å². The van der Waals surface area contributed by atoms with Crippen LogP contribution in [0.4, 0.5) is 10.1 Å². The van der Waals surface area contributed by atoms with E-state index in [9.17, 15) is 18.8 Å². The van der Waals surface area contributed by atoms with E-state index in [4.69, 9.17) is 9.47 Å². The highest BCUT2D eigenvalue weighted by atomic mass is 19.1. The van der Waals surface area contributed by atoms with Gasteiger partial charge in [-0.2, -0.15) is 0 Å². The maximum absolute atomic E-state index is 14.2. The summed E-state index contributed by atoms with van der Waals surface area (Å²) in [6.45, 7) is 4.76. The third kappa shape index (κ3) is 5.77. The van der Waals surface area contributed by atoms with Crippen LogP contribution in [-0.2, 0) is 34.8 Å². The van der Waals surface area contributed by atoms with Gasteiger partial charge in [-0.05, 0) is 49.9 Å². The predicted molar refractivity (Wildman–Crippen MR) is 147 cm³/mol. The number of ether oxygens (including phenoxy) is 2. The highest BCUT2D eigenvalue weighted by Gasteiger charge is 2.35. The molecule has 0 aliphatic carbocycles. The minimum absolute atomic E-state index is 0.00363. The van der Waals surface area contributed by atoms with E-state index in [1.54, 1.807) is 24.8 Å². The third-order valence-corrected chi connectivity index (χ3v) is 7.24. The van der Waals surface area contributed by atoms with Crippen LogP contribution in [0, 0.1) is 5.82 Å². The molecule has 2 aromatic carbocycles. The molecule has 210 valence electrons. The summed E-state index contributed by atoms with van der Waals surface area (Å²) < 4.78 is 27.5. The molecule has 1 fully saturated rings. The molecule has 1 N–H and O–H groups in total. The van der Waals surface area contributed by atoms with Crippen LogP contribution in [-0.4, -0.2) is 34.5 Å². The molecule has 0 spiro atoms. The van der Waals surface area contributed by atoms with E-state index in [1.165, 1.54) is 16.7 Å². The molecule has 2 amide bonds. The van der Waals surface area contributed by atoms with Crippen LogP contribution in [0.1, 0.15) is 67.0 Å². The molecule has 10 heteroatoms. The second-order valence-electron chi connectivity index (χ2n) is 10.5. The normalized spacial score (nSPS) is 16.7. The molecule has 1 aromatic heterocycles. The van der Waals surface area contributed by atoms with Gasteiger partial charge in [0.05, 0.1) is 18.8 Å². The first-order valence-electron chi connectivity index (χ1n) is 13.6. The first kappa shape index (κ1) is 27.5. The molecule has 2 aliphatic heterocycles. The number of benzene rings is 2. The number of carbonyl (C=O) groups is 2. The summed E-state index contributed by atoms with van der Waals surface area (Å²) in [5.74, 6) is -0.977. The second-order valence-corrected chi connectivity index (χ2v) is 10.5. The fourth-order valence-electron chi connectivity index (χ4n) is 5.11. The van der Waals surface area contributed by atoms with Crippen LogP contribution in [0.3, 0.4) is 0 Å². The number of nitrogens with zero attached hydrogens (tertiary/aromatic N) is 3. The van der Waals surface area contributed by atoms with Gasteiger partial charge < -0.3 is 19.7 Å². The molecule has 1 saturated heterocycles. The molecule has 40 heavy (non-hydrogen) atoms. The monoisotopic (exact) mass is 548 g/mol. The topological polar surface area (TPSA) is 103 Å². The number of hydrogen-bond acceptors (Lipinski definition) is 6. The summed E-state index contributed by atoms with van der Waals surface area (Å²) in [6, 6.07) is 13.5. The summed E-state index contributed by atoms with van der Waals surface area (Å²) in [4.78, 5) is 46.1. The summed E-state index contributed by atoms with van der Waals surface area (Å²) in [5.41, 5.74) is 0.343. The fourth-order valence-corrected chi connectivity index (χ4v) is 5.11. The quantitative estimate of drug-likeness (QED) is 0.478. The van der Waals surface area contributed by atoms with E-state index < -0.39 is 22.9 Å². The molecule has 3 aromatic rings. The van der Waals surface area contributed by atoms with Crippen molar-refractivity contribution in [2.45, 2.75) is 64.8 Å². The lowest BCUT2D eigenvalue weighted by molar-refractivity contribution is -0.118. The predicted octanol–water partition coefficient (Wildman–Crippen LogP) is 4.06. The molecule has 9 nitrogen and oxygen atoms in total. The summed E-state index contributed by atoms with van der Waals surface area (Å²) in [7, 11) is 0. The number of amides is 2. The largest absolute Gasteiger partial charge is 0.481 e. The van der Waals surface area contributed by atoms with E-state index in [1.807, 2.05) is 30.3 Å². The Morgan fingerprint density at radius 3 is 2.70 bits per heavy atom.